The third-order valence-corrected chi connectivity index (χ3v) is 5.63. The van der Waals surface area contributed by atoms with Crippen molar-refractivity contribution in [2.75, 3.05) is 34.3 Å². The van der Waals surface area contributed by atoms with Crippen molar-refractivity contribution in [1.29, 1.82) is 0 Å². The van der Waals surface area contributed by atoms with Crippen LogP contribution in [0.3, 0.4) is 0 Å². The van der Waals surface area contributed by atoms with Crippen LogP contribution in [0.1, 0.15) is 45.3 Å². The van der Waals surface area contributed by atoms with E-state index in [1.807, 2.05) is 19.0 Å². The van der Waals surface area contributed by atoms with Crippen molar-refractivity contribution in [2.45, 2.75) is 26.3 Å². The van der Waals surface area contributed by atoms with E-state index in [9.17, 15) is 19.5 Å². The topological polar surface area (TPSA) is 116 Å². The molecule has 0 saturated carbocycles. The number of ether oxygens (including phenoxy) is 1. The van der Waals surface area contributed by atoms with Gasteiger partial charge >= 0.3 is 5.97 Å². The normalized spacial score (nSPS) is 17.9. The number of likely N-dealkylation sites (tertiary alicyclic amines) is 1. The fourth-order valence-corrected chi connectivity index (χ4v) is 4.11. The molecular formula is C23H28N4O5. The largest absolute Gasteiger partial charge is 0.507 e. The first kappa shape index (κ1) is 23.2. The molecule has 0 aromatic carbocycles. The number of nitrogens with one attached hydrogen (secondary N) is 1. The highest BCUT2D eigenvalue weighted by molar-refractivity contribution is 6.46. The number of esters is 1. The Morgan fingerprint density at radius 2 is 1.91 bits per heavy atom. The summed E-state index contributed by atoms with van der Waals surface area (Å²) in [5.74, 6) is -2.32. The molecule has 2 N–H and O–H groups in total. The number of aromatic amines is 1. The number of aliphatic hydroxyl groups excluding tert-OH is 1. The van der Waals surface area contributed by atoms with E-state index >= 15 is 0 Å². The quantitative estimate of drug-likeness (QED) is 0.293. The van der Waals surface area contributed by atoms with E-state index in [1.54, 1.807) is 38.4 Å². The molecule has 1 unspecified atom stereocenters. The summed E-state index contributed by atoms with van der Waals surface area (Å²) < 4.78 is 4.79. The maximum atomic E-state index is 13.1. The summed E-state index contributed by atoms with van der Waals surface area (Å²) in [6, 6.07) is 2.69. The van der Waals surface area contributed by atoms with Gasteiger partial charge < -0.3 is 24.6 Å². The van der Waals surface area contributed by atoms with Gasteiger partial charge in [-0.3, -0.25) is 14.6 Å². The summed E-state index contributed by atoms with van der Waals surface area (Å²) in [4.78, 5) is 48.6. The number of carbonyl (C=O) groups excluding carboxylic acids is 3. The van der Waals surface area contributed by atoms with Gasteiger partial charge in [0.1, 0.15) is 11.5 Å². The van der Waals surface area contributed by atoms with Gasteiger partial charge in [0, 0.05) is 30.2 Å². The molecule has 3 heterocycles. The van der Waals surface area contributed by atoms with Crippen molar-refractivity contribution >= 4 is 23.4 Å². The number of methoxy groups -OCH3 is 1. The van der Waals surface area contributed by atoms with Crippen LogP contribution in [0.25, 0.3) is 5.76 Å². The number of aryl methyl sites for hydroxylation is 1. The van der Waals surface area contributed by atoms with Gasteiger partial charge in [-0.2, -0.15) is 0 Å². The van der Waals surface area contributed by atoms with Gasteiger partial charge in [-0.15, -0.1) is 0 Å². The number of Topliss-reactive ketones (excluding diaryl/α,β-unsaturated/α-hetero) is 1. The number of amides is 1. The van der Waals surface area contributed by atoms with Crippen molar-refractivity contribution in [1.82, 2.24) is 19.8 Å². The highest BCUT2D eigenvalue weighted by Crippen LogP contribution is 2.40. The van der Waals surface area contributed by atoms with Gasteiger partial charge in [-0.05, 0) is 64.2 Å². The second-order valence-electron chi connectivity index (χ2n) is 8.05. The van der Waals surface area contributed by atoms with Gasteiger partial charge in [-0.1, -0.05) is 0 Å². The Morgan fingerprint density at radius 1 is 1.25 bits per heavy atom. The summed E-state index contributed by atoms with van der Waals surface area (Å²) in [7, 11) is 5.13. The number of pyridine rings is 1. The molecule has 1 aliphatic rings. The van der Waals surface area contributed by atoms with Crippen molar-refractivity contribution in [3.8, 4) is 0 Å². The monoisotopic (exact) mass is 440 g/mol. The van der Waals surface area contributed by atoms with E-state index in [4.69, 9.17) is 4.74 Å². The first-order chi connectivity index (χ1) is 15.2. The molecule has 170 valence electrons. The lowest BCUT2D eigenvalue weighted by Gasteiger charge is -2.25. The maximum Gasteiger partial charge on any atom is 0.354 e. The Kier molecular flexibility index (Phi) is 6.78. The molecule has 1 atom stereocenters. The lowest BCUT2D eigenvalue weighted by molar-refractivity contribution is -0.139. The standard InChI is InChI=1S/C23H28N4O5/c1-13-16(14(2)25-18(13)23(31)32-5)20(28)17-19(15-7-9-24-10-8-15)27(22(30)21(17)29)12-6-11-26(3)4/h7-10,19,25,28H,6,11-12H2,1-5H3/b20-17-. The Balaban J connectivity index is 2.15. The third-order valence-electron chi connectivity index (χ3n) is 5.63. The number of rotatable bonds is 7. The van der Waals surface area contributed by atoms with Crippen LogP contribution in [-0.2, 0) is 14.3 Å². The maximum absolute atomic E-state index is 13.1. The molecular weight excluding hydrogens is 412 g/mol. The number of aliphatic hydroxyl groups is 1. The lowest BCUT2D eigenvalue weighted by Crippen LogP contribution is -2.32. The molecule has 9 nitrogen and oxygen atoms in total. The van der Waals surface area contributed by atoms with Gasteiger partial charge in [0.05, 0.1) is 18.7 Å². The minimum absolute atomic E-state index is 0.00679. The van der Waals surface area contributed by atoms with Crippen LogP contribution in [0, 0.1) is 13.8 Å². The van der Waals surface area contributed by atoms with Crippen LogP contribution in [0.4, 0.5) is 0 Å². The highest BCUT2D eigenvalue weighted by Gasteiger charge is 2.46. The lowest BCUT2D eigenvalue weighted by atomic mass is 9.94. The minimum Gasteiger partial charge on any atom is -0.507 e. The molecule has 9 heteroatoms. The van der Waals surface area contributed by atoms with Crippen molar-refractivity contribution < 1.29 is 24.2 Å². The average Bonchev–Trinajstić information content (AvgIpc) is 3.20. The van der Waals surface area contributed by atoms with Gasteiger partial charge in [0.25, 0.3) is 11.7 Å². The molecule has 0 radical (unpaired) electrons. The Bertz CT molecular complexity index is 1070. The molecule has 1 amide bonds. The number of carbonyl (C=O) groups is 3. The van der Waals surface area contributed by atoms with Crippen LogP contribution >= 0.6 is 0 Å². The minimum atomic E-state index is -0.756. The van der Waals surface area contributed by atoms with E-state index in [0.29, 0.717) is 35.3 Å². The van der Waals surface area contributed by atoms with E-state index in [-0.39, 0.29) is 17.0 Å². The molecule has 32 heavy (non-hydrogen) atoms. The smallest absolute Gasteiger partial charge is 0.354 e. The summed E-state index contributed by atoms with van der Waals surface area (Å²) in [5.41, 5.74) is 2.10. The molecule has 0 spiro atoms. The SMILES string of the molecule is COC(=O)c1[nH]c(C)c(/C(O)=C2/C(=O)C(=O)N(CCCN(C)C)C2c2ccncc2)c1C. The fourth-order valence-electron chi connectivity index (χ4n) is 4.11. The predicted octanol–water partition coefficient (Wildman–Crippen LogP) is 2.19. The number of hydrogen-bond donors (Lipinski definition) is 2. The third kappa shape index (κ3) is 4.16. The van der Waals surface area contributed by atoms with E-state index in [2.05, 4.69) is 9.97 Å². The summed E-state index contributed by atoms with van der Waals surface area (Å²) >= 11 is 0. The van der Waals surface area contributed by atoms with Crippen molar-refractivity contribution in [3.63, 3.8) is 0 Å². The molecule has 0 bridgehead atoms. The molecule has 1 aliphatic heterocycles. The second kappa shape index (κ2) is 9.35. The van der Waals surface area contributed by atoms with E-state index in [0.717, 1.165) is 6.54 Å². The number of H-pyrrole nitrogens is 1. The fraction of sp³-hybridized carbons (Fsp3) is 0.391. The molecule has 1 saturated heterocycles. The van der Waals surface area contributed by atoms with Crippen LogP contribution in [0.5, 0.6) is 0 Å². The van der Waals surface area contributed by atoms with Crippen LogP contribution in [0.2, 0.25) is 0 Å². The van der Waals surface area contributed by atoms with Crippen molar-refractivity contribution in [3.05, 3.63) is 58.2 Å². The van der Waals surface area contributed by atoms with Gasteiger partial charge in [0.15, 0.2) is 0 Å². The Labute approximate surface area is 186 Å². The van der Waals surface area contributed by atoms with Crippen LogP contribution < -0.4 is 0 Å². The van der Waals surface area contributed by atoms with Gasteiger partial charge in [-0.25, -0.2) is 4.79 Å². The molecule has 2 aromatic rings. The molecule has 1 fully saturated rings. The zero-order chi connectivity index (χ0) is 23.6. The first-order valence-corrected chi connectivity index (χ1v) is 10.3. The summed E-state index contributed by atoms with van der Waals surface area (Å²) in [6.45, 7) is 4.43. The Morgan fingerprint density at radius 3 is 2.50 bits per heavy atom. The van der Waals surface area contributed by atoms with Gasteiger partial charge in [0.2, 0.25) is 0 Å². The number of nitrogens with zero attached hydrogens (tertiary/aromatic N) is 3. The molecule has 3 rings (SSSR count). The van der Waals surface area contributed by atoms with E-state index < -0.39 is 23.7 Å². The second-order valence-corrected chi connectivity index (χ2v) is 8.05. The average molecular weight is 441 g/mol. The zero-order valence-electron chi connectivity index (χ0n) is 18.9. The summed E-state index contributed by atoms with van der Waals surface area (Å²) in [6.07, 6.45) is 3.82. The molecule has 2 aromatic heterocycles. The van der Waals surface area contributed by atoms with Crippen LogP contribution in [0.15, 0.2) is 30.1 Å². The Hall–Kier alpha value is -3.46. The highest BCUT2D eigenvalue weighted by atomic mass is 16.5. The number of ketones is 1. The number of hydrogen-bond acceptors (Lipinski definition) is 7. The zero-order valence-corrected chi connectivity index (χ0v) is 18.9. The first-order valence-electron chi connectivity index (χ1n) is 10.3. The van der Waals surface area contributed by atoms with Crippen LogP contribution in [-0.4, -0.2) is 76.8 Å². The number of aromatic nitrogens is 2. The van der Waals surface area contributed by atoms with E-state index in [1.165, 1.54) is 12.0 Å². The predicted molar refractivity (Wildman–Crippen MR) is 118 cm³/mol. The van der Waals surface area contributed by atoms with Crippen molar-refractivity contribution in [2.24, 2.45) is 0 Å². The molecule has 0 aliphatic carbocycles. The summed E-state index contributed by atoms with van der Waals surface area (Å²) in [5, 5.41) is 11.3.